The second-order valence-corrected chi connectivity index (χ2v) is 4.89. The summed E-state index contributed by atoms with van der Waals surface area (Å²) < 4.78 is 20.7. The van der Waals surface area contributed by atoms with E-state index in [1.807, 2.05) is 30.3 Å². The summed E-state index contributed by atoms with van der Waals surface area (Å²) in [4.78, 5) is 0. The van der Waals surface area contributed by atoms with E-state index in [1.165, 1.54) is 0 Å². The van der Waals surface area contributed by atoms with Gasteiger partial charge in [-0.05, 0) is 5.56 Å². The summed E-state index contributed by atoms with van der Waals surface area (Å²) in [6.45, 7) is 3.42. The van der Waals surface area contributed by atoms with Gasteiger partial charge in [0.15, 0.2) is 0 Å². The summed E-state index contributed by atoms with van der Waals surface area (Å²) in [5, 5.41) is 0. The van der Waals surface area contributed by atoms with Crippen LogP contribution < -0.4 is 0 Å². The Kier molecular flexibility index (Phi) is 7.42. The molecular formula is C9H10NaO3S2. The average molecular weight is 253 g/mol. The summed E-state index contributed by atoms with van der Waals surface area (Å²) in [6, 6.07) is 9.29. The monoisotopic (exact) mass is 253 g/mol. The van der Waals surface area contributed by atoms with Gasteiger partial charge in [-0.1, -0.05) is 36.9 Å². The molecule has 1 atom stereocenters. The fourth-order valence-electron chi connectivity index (χ4n) is 0.826. The van der Waals surface area contributed by atoms with Crippen LogP contribution in [0.2, 0.25) is 0 Å². The molecular weight excluding hydrogens is 243 g/mol. The van der Waals surface area contributed by atoms with Crippen LogP contribution in [-0.2, 0) is 35.2 Å². The average Bonchev–Trinajstić information content (AvgIpc) is 2.17. The molecule has 0 saturated carbocycles. The third-order valence-electron chi connectivity index (χ3n) is 1.40. The van der Waals surface area contributed by atoms with Crippen molar-refractivity contribution in [3.63, 3.8) is 0 Å². The van der Waals surface area contributed by atoms with Gasteiger partial charge in [0, 0.05) is 29.6 Å². The molecule has 3 nitrogen and oxygen atoms in total. The summed E-state index contributed by atoms with van der Waals surface area (Å²) >= 11 is 4.55. The van der Waals surface area contributed by atoms with Gasteiger partial charge in [0.1, 0.15) is 0 Å². The molecule has 0 spiro atoms. The molecule has 0 N–H and O–H groups in total. The van der Waals surface area contributed by atoms with Crippen molar-refractivity contribution in [2.75, 3.05) is 0 Å². The minimum Gasteiger partial charge on any atom is -0.390 e. The van der Waals surface area contributed by atoms with Gasteiger partial charge >= 0.3 is 9.05 Å². The van der Waals surface area contributed by atoms with Crippen molar-refractivity contribution in [1.29, 1.82) is 0 Å². The first kappa shape index (κ1) is 15.1. The zero-order valence-electron chi connectivity index (χ0n) is 8.42. The van der Waals surface area contributed by atoms with Crippen molar-refractivity contribution in [3.8, 4) is 0 Å². The van der Waals surface area contributed by atoms with E-state index in [2.05, 4.69) is 22.0 Å². The molecule has 1 unspecified atom stereocenters. The minimum absolute atomic E-state index is 0. The molecule has 0 aromatic heterocycles. The van der Waals surface area contributed by atoms with Gasteiger partial charge in [0.2, 0.25) is 0 Å². The summed E-state index contributed by atoms with van der Waals surface area (Å²) in [5.74, 6) is 0. The molecule has 1 aromatic rings. The Morgan fingerprint density at radius 1 is 1.40 bits per heavy atom. The van der Waals surface area contributed by atoms with E-state index in [0.29, 0.717) is 0 Å². The number of benzene rings is 1. The van der Waals surface area contributed by atoms with Gasteiger partial charge in [-0.2, -0.15) is 4.21 Å². The fourth-order valence-corrected chi connectivity index (χ4v) is 1.64. The van der Waals surface area contributed by atoms with E-state index in [1.54, 1.807) is 0 Å². The van der Waals surface area contributed by atoms with Gasteiger partial charge in [-0.25, -0.2) is 0 Å². The van der Waals surface area contributed by atoms with Crippen LogP contribution in [0.15, 0.2) is 43.2 Å². The number of rotatable bonds is 5. The van der Waals surface area contributed by atoms with Crippen LogP contribution in [0.4, 0.5) is 0 Å². The van der Waals surface area contributed by atoms with Crippen LogP contribution in [0, 0.1) is 0 Å². The third kappa shape index (κ3) is 6.29. The number of hydrogen-bond donors (Lipinski definition) is 0. The molecule has 0 bridgehead atoms. The molecule has 0 aliphatic rings. The van der Waals surface area contributed by atoms with E-state index in [4.69, 9.17) is 4.18 Å². The van der Waals surface area contributed by atoms with Crippen LogP contribution in [0.1, 0.15) is 5.56 Å². The van der Waals surface area contributed by atoms with Crippen LogP contribution >= 0.6 is 0 Å². The molecule has 77 valence electrons. The van der Waals surface area contributed by atoms with Gasteiger partial charge in [-0.15, -0.1) is 0 Å². The zero-order chi connectivity index (χ0) is 10.4. The number of hydrogen-bond acceptors (Lipinski definition) is 4. The second kappa shape index (κ2) is 7.38. The Labute approximate surface area is 117 Å². The SMILES string of the molecule is C=COS(=O)(=S)OCc1ccccc1.[Na]. The summed E-state index contributed by atoms with van der Waals surface area (Å²) in [7, 11) is -3.11. The fraction of sp³-hybridized carbons (Fsp3) is 0.111. The summed E-state index contributed by atoms with van der Waals surface area (Å²) in [5.41, 5.74) is 0.887. The van der Waals surface area contributed by atoms with Gasteiger partial charge in [-0.3, -0.25) is 4.18 Å². The van der Waals surface area contributed by atoms with Crippen molar-refractivity contribution in [1.82, 2.24) is 0 Å². The first-order valence-corrected chi connectivity index (χ1v) is 6.20. The van der Waals surface area contributed by atoms with Crippen molar-refractivity contribution < 1.29 is 12.6 Å². The topological polar surface area (TPSA) is 35.5 Å². The molecule has 1 radical (unpaired) electrons. The maximum Gasteiger partial charge on any atom is 0.314 e. The molecule has 1 rings (SSSR count). The smallest absolute Gasteiger partial charge is 0.314 e. The largest absolute Gasteiger partial charge is 0.390 e. The molecule has 0 fully saturated rings. The molecule has 0 amide bonds. The Morgan fingerprint density at radius 3 is 2.53 bits per heavy atom. The minimum atomic E-state index is -3.11. The van der Waals surface area contributed by atoms with E-state index in [0.717, 1.165) is 11.8 Å². The Bertz CT molecular complexity index is 389. The Morgan fingerprint density at radius 2 is 2.00 bits per heavy atom. The van der Waals surface area contributed by atoms with Crippen LogP contribution in [0.3, 0.4) is 0 Å². The van der Waals surface area contributed by atoms with Crippen molar-refractivity contribution in [2.24, 2.45) is 0 Å². The van der Waals surface area contributed by atoms with Gasteiger partial charge < -0.3 is 4.18 Å². The molecule has 0 aliphatic heterocycles. The van der Waals surface area contributed by atoms with E-state index in [9.17, 15) is 4.21 Å². The first-order valence-electron chi connectivity index (χ1n) is 3.86. The maximum atomic E-state index is 11.3. The Balaban J connectivity index is 0.00000196. The van der Waals surface area contributed by atoms with Crippen molar-refractivity contribution >= 4 is 49.8 Å². The Hall–Kier alpha value is 0.0900. The zero-order valence-corrected chi connectivity index (χ0v) is 12.1. The first-order chi connectivity index (χ1) is 6.64. The molecule has 6 heteroatoms. The molecule has 0 aliphatic carbocycles. The van der Waals surface area contributed by atoms with Gasteiger partial charge in [0.25, 0.3) is 0 Å². The van der Waals surface area contributed by atoms with Gasteiger partial charge in [0.05, 0.1) is 24.1 Å². The standard InChI is InChI=1S/C9H10O3S2.Na/c1-2-11-14(10,13)12-8-9-6-4-3-5-7-9;/h2-7H,1,8H2;. The normalized spacial score (nSPS) is 13.3. The molecule has 0 saturated heterocycles. The molecule has 15 heavy (non-hydrogen) atoms. The van der Waals surface area contributed by atoms with E-state index >= 15 is 0 Å². The third-order valence-corrected chi connectivity index (χ3v) is 2.70. The molecule has 1 aromatic carbocycles. The van der Waals surface area contributed by atoms with E-state index < -0.39 is 9.05 Å². The van der Waals surface area contributed by atoms with Crippen LogP contribution in [0.25, 0.3) is 0 Å². The van der Waals surface area contributed by atoms with Crippen LogP contribution in [-0.4, -0.2) is 33.8 Å². The van der Waals surface area contributed by atoms with Crippen molar-refractivity contribution in [3.05, 3.63) is 48.7 Å². The van der Waals surface area contributed by atoms with E-state index in [-0.39, 0.29) is 36.2 Å². The van der Waals surface area contributed by atoms with Crippen molar-refractivity contribution in [2.45, 2.75) is 6.61 Å². The second-order valence-electron chi connectivity index (χ2n) is 2.42. The molecule has 0 heterocycles. The maximum absolute atomic E-state index is 11.3. The predicted octanol–water partition coefficient (Wildman–Crippen LogP) is 1.56. The summed E-state index contributed by atoms with van der Waals surface area (Å²) in [6.07, 6.45) is 1.01. The quantitative estimate of drug-likeness (QED) is 0.589. The predicted molar refractivity (Wildman–Crippen MR) is 63.8 cm³/mol. The van der Waals surface area contributed by atoms with Crippen LogP contribution in [0.5, 0.6) is 0 Å².